The molecule has 0 saturated carbocycles. The van der Waals surface area contributed by atoms with E-state index in [1.165, 1.54) is 6.07 Å². The highest BCUT2D eigenvalue weighted by atomic mass is 35.5. The van der Waals surface area contributed by atoms with Gasteiger partial charge in [0.25, 0.3) is 0 Å². The molecule has 0 atom stereocenters. The van der Waals surface area contributed by atoms with Crippen molar-refractivity contribution in [2.75, 3.05) is 38.0 Å². The van der Waals surface area contributed by atoms with Gasteiger partial charge in [-0.3, -0.25) is 9.69 Å². The van der Waals surface area contributed by atoms with Crippen LogP contribution in [0.15, 0.2) is 18.2 Å². The molecule has 0 unspecified atom stereocenters. The zero-order chi connectivity index (χ0) is 15.9. The van der Waals surface area contributed by atoms with Crippen LogP contribution in [-0.2, 0) is 4.79 Å². The summed E-state index contributed by atoms with van der Waals surface area (Å²) in [5.74, 6) is -1.40. The molecule has 1 heterocycles. The minimum Gasteiger partial charge on any atom is -0.325 e. The van der Waals surface area contributed by atoms with E-state index < -0.39 is 11.6 Å². The lowest BCUT2D eigenvalue weighted by molar-refractivity contribution is -0.117. The zero-order valence-electron chi connectivity index (χ0n) is 13.3. The van der Waals surface area contributed by atoms with Crippen LogP contribution in [0.25, 0.3) is 0 Å². The molecule has 1 aromatic rings. The van der Waals surface area contributed by atoms with Crippen molar-refractivity contribution < 1.29 is 13.6 Å². The number of piperidine rings is 1. The summed E-state index contributed by atoms with van der Waals surface area (Å²) >= 11 is 0. The number of rotatable bonds is 6. The average molecular weight is 348 g/mol. The van der Waals surface area contributed by atoms with Crippen LogP contribution in [-0.4, -0.2) is 43.5 Å². The van der Waals surface area contributed by atoms with E-state index in [0.717, 1.165) is 51.2 Å². The molecule has 1 amide bonds. The maximum atomic E-state index is 13.1. The second-order valence-corrected chi connectivity index (χ2v) is 5.70. The Hall–Kier alpha value is -1.24. The standard InChI is InChI=1S/C16H23F2N3O.ClH/c1-2-19-10-12-5-7-21(8-6-12)11-16(22)20-13-3-4-14(17)15(18)9-13;/h3-4,9,12,19H,2,5-8,10-11H2,1H3,(H,20,22);1H. The van der Waals surface area contributed by atoms with Crippen molar-refractivity contribution in [3.63, 3.8) is 0 Å². The molecule has 0 aliphatic carbocycles. The van der Waals surface area contributed by atoms with Gasteiger partial charge in [-0.1, -0.05) is 6.92 Å². The topological polar surface area (TPSA) is 44.4 Å². The molecule has 1 saturated heterocycles. The highest BCUT2D eigenvalue weighted by Gasteiger charge is 2.20. The van der Waals surface area contributed by atoms with Gasteiger partial charge in [0.2, 0.25) is 5.91 Å². The van der Waals surface area contributed by atoms with Crippen molar-refractivity contribution in [2.45, 2.75) is 19.8 Å². The lowest BCUT2D eigenvalue weighted by atomic mass is 9.97. The maximum absolute atomic E-state index is 13.1. The molecule has 1 fully saturated rings. The summed E-state index contributed by atoms with van der Waals surface area (Å²) in [4.78, 5) is 14.0. The van der Waals surface area contributed by atoms with Gasteiger partial charge in [0.15, 0.2) is 11.6 Å². The van der Waals surface area contributed by atoms with E-state index in [1.807, 2.05) is 0 Å². The van der Waals surface area contributed by atoms with Crippen LogP contribution < -0.4 is 10.6 Å². The molecule has 130 valence electrons. The molecule has 1 aliphatic heterocycles. The Kier molecular flexibility index (Phi) is 8.44. The SMILES string of the molecule is CCNCC1CCN(CC(=O)Nc2ccc(F)c(F)c2)CC1.Cl. The van der Waals surface area contributed by atoms with Gasteiger partial charge in [0.05, 0.1) is 6.54 Å². The Morgan fingerprint density at radius 3 is 2.57 bits per heavy atom. The molecule has 4 nitrogen and oxygen atoms in total. The van der Waals surface area contributed by atoms with Crippen LogP contribution >= 0.6 is 12.4 Å². The van der Waals surface area contributed by atoms with Crippen LogP contribution in [0.5, 0.6) is 0 Å². The van der Waals surface area contributed by atoms with Gasteiger partial charge in [0, 0.05) is 11.8 Å². The monoisotopic (exact) mass is 347 g/mol. The van der Waals surface area contributed by atoms with Crippen molar-refractivity contribution in [1.82, 2.24) is 10.2 Å². The smallest absolute Gasteiger partial charge is 0.238 e. The summed E-state index contributed by atoms with van der Waals surface area (Å²) in [6.45, 7) is 6.18. The summed E-state index contributed by atoms with van der Waals surface area (Å²) in [5, 5.41) is 5.96. The summed E-state index contributed by atoms with van der Waals surface area (Å²) < 4.78 is 25.9. The number of amides is 1. The molecule has 0 spiro atoms. The predicted molar refractivity (Wildman–Crippen MR) is 89.9 cm³/mol. The van der Waals surface area contributed by atoms with Gasteiger partial charge in [-0.2, -0.15) is 0 Å². The second-order valence-electron chi connectivity index (χ2n) is 5.70. The predicted octanol–water partition coefficient (Wildman–Crippen LogP) is 2.65. The largest absolute Gasteiger partial charge is 0.325 e. The number of halogens is 3. The van der Waals surface area contributed by atoms with Crippen molar-refractivity contribution in [3.05, 3.63) is 29.8 Å². The number of hydrogen-bond donors (Lipinski definition) is 2. The normalized spacial score (nSPS) is 16.0. The molecule has 1 aromatic carbocycles. The van der Waals surface area contributed by atoms with Gasteiger partial charge in [-0.15, -0.1) is 12.4 Å². The lowest BCUT2D eigenvalue weighted by Gasteiger charge is -2.31. The van der Waals surface area contributed by atoms with Gasteiger partial charge >= 0.3 is 0 Å². The van der Waals surface area contributed by atoms with E-state index in [1.54, 1.807) is 0 Å². The van der Waals surface area contributed by atoms with Crippen molar-refractivity contribution >= 4 is 24.0 Å². The fraction of sp³-hybridized carbons (Fsp3) is 0.562. The number of hydrogen-bond acceptors (Lipinski definition) is 3. The fourth-order valence-corrected chi connectivity index (χ4v) is 2.67. The Morgan fingerprint density at radius 1 is 1.26 bits per heavy atom. The number of nitrogens with zero attached hydrogens (tertiary/aromatic N) is 1. The molecule has 0 bridgehead atoms. The molecule has 0 aromatic heterocycles. The minimum absolute atomic E-state index is 0. The third-order valence-corrected chi connectivity index (χ3v) is 3.96. The number of benzene rings is 1. The molecule has 1 aliphatic rings. The van der Waals surface area contributed by atoms with Crippen LogP contribution in [0.2, 0.25) is 0 Å². The summed E-state index contributed by atoms with van der Waals surface area (Å²) in [5.41, 5.74) is 0.283. The van der Waals surface area contributed by atoms with Crippen molar-refractivity contribution in [1.29, 1.82) is 0 Å². The Bertz CT molecular complexity index is 508. The van der Waals surface area contributed by atoms with E-state index >= 15 is 0 Å². The van der Waals surface area contributed by atoms with Gasteiger partial charge in [-0.25, -0.2) is 8.78 Å². The van der Waals surface area contributed by atoms with Gasteiger partial charge < -0.3 is 10.6 Å². The highest BCUT2D eigenvalue weighted by Crippen LogP contribution is 2.17. The number of anilines is 1. The molecular formula is C16H24ClF2N3O. The summed E-state index contributed by atoms with van der Waals surface area (Å²) in [6, 6.07) is 3.37. The van der Waals surface area contributed by atoms with Gasteiger partial charge in [0.1, 0.15) is 0 Å². The van der Waals surface area contributed by atoms with Crippen LogP contribution in [0.1, 0.15) is 19.8 Å². The van der Waals surface area contributed by atoms with E-state index in [-0.39, 0.29) is 30.5 Å². The average Bonchev–Trinajstić information content (AvgIpc) is 2.50. The Balaban J connectivity index is 0.00000264. The highest BCUT2D eigenvalue weighted by molar-refractivity contribution is 5.92. The third-order valence-electron chi connectivity index (χ3n) is 3.96. The molecule has 23 heavy (non-hydrogen) atoms. The van der Waals surface area contributed by atoms with Gasteiger partial charge in [-0.05, 0) is 57.1 Å². The Labute approximate surface area is 142 Å². The van der Waals surface area contributed by atoms with Crippen LogP contribution in [0, 0.1) is 17.6 Å². The first-order valence-corrected chi connectivity index (χ1v) is 7.76. The van der Waals surface area contributed by atoms with E-state index in [2.05, 4.69) is 22.5 Å². The van der Waals surface area contributed by atoms with Crippen LogP contribution in [0.3, 0.4) is 0 Å². The van der Waals surface area contributed by atoms with Crippen LogP contribution in [0.4, 0.5) is 14.5 Å². The maximum Gasteiger partial charge on any atom is 0.238 e. The van der Waals surface area contributed by atoms with E-state index in [0.29, 0.717) is 5.92 Å². The summed E-state index contributed by atoms with van der Waals surface area (Å²) in [7, 11) is 0. The lowest BCUT2D eigenvalue weighted by Crippen LogP contribution is -2.41. The number of nitrogens with one attached hydrogen (secondary N) is 2. The third kappa shape index (κ3) is 6.41. The minimum atomic E-state index is -0.956. The molecule has 7 heteroatoms. The quantitative estimate of drug-likeness (QED) is 0.831. The van der Waals surface area contributed by atoms with Crippen molar-refractivity contribution in [2.24, 2.45) is 5.92 Å². The first kappa shape index (κ1) is 19.8. The second kappa shape index (κ2) is 9.80. The Morgan fingerprint density at radius 2 is 1.96 bits per heavy atom. The number of carbonyl (C=O) groups is 1. The van der Waals surface area contributed by atoms with E-state index in [4.69, 9.17) is 0 Å². The summed E-state index contributed by atoms with van der Waals surface area (Å²) in [6.07, 6.45) is 2.15. The zero-order valence-corrected chi connectivity index (χ0v) is 14.1. The molecular weight excluding hydrogens is 324 g/mol. The number of carbonyl (C=O) groups excluding carboxylic acids is 1. The molecule has 2 rings (SSSR count). The molecule has 0 radical (unpaired) electrons. The van der Waals surface area contributed by atoms with Crippen molar-refractivity contribution in [3.8, 4) is 0 Å². The first-order valence-electron chi connectivity index (χ1n) is 7.76. The van der Waals surface area contributed by atoms with E-state index in [9.17, 15) is 13.6 Å². The first-order chi connectivity index (χ1) is 10.6. The molecule has 2 N–H and O–H groups in total. The number of likely N-dealkylation sites (tertiary alicyclic amines) is 1. The fourth-order valence-electron chi connectivity index (χ4n) is 2.67.